The van der Waals surface area contributed by atoms with E-state index in [-0.39, 0.29) is 17.1 Å². The molecular weight excluding hydrogens is 320 g/mol. The minimum Gasteiger partial charge on any atom is -0.196 e. The van der Waals surface area contributed by atoms with Gasteiger partial charge in [0.1, 0.15) is 0 Å². The van der Waals surface area contributed by atoms with Crippen LogP contribution in [-0.2, 0) is 29.9 Å². The van der Waals surface area contributed by atoms with Gasteiger partial charge in [-0.15, -0.1) is 0 Å². The molecule has 0 fully saturated rings. The van der Waals surface area contributed by atoms with E-state index >= 15 is 0 Å². The third-order valence-corrected chi connectivity index (χ3v) is 5.89. The van der Waals surface area contributed by atoms with Gasteiger partial charge >= 0.3 is 17.1 Å². The van der Waals surface area contributed by atoms with Crippen molar-refractivity contribution >= 4 is 0 Å². The Hall–Kier alpha value is -0.781. The summed E-state index contributed by atoms with van der Waals surface area (Å²) in [5.74, 6) is 0. The summed E-state index contributed by atoms with van der Waals surface area (Å²) >= 11 is 0. The average Bonchev–Trinajstić information content (AvgIpc) is 2.81. The zero-order valence-electron chi connectivity index (χ0n) is 16.8. The molecule has 0 saturated carbocycles. The van der Waals surface area contributed by atoms with Crippen molar-refractivity contribution < 1.29 is 17.1 Å². The molecule has 2 aromatic carbocycles. The number of hydrogen-bond acceptors (Lipinski definition) is 0. The van der Waals surface area contributed by atoms with Gasteiger partial charge in [0.15, 0.2) is 0 Å². The van der Waals surface area contributed by atoms with Gasteiger partial charge in [0.25, 0.3) is 0 Å². The van der Waals surface area contributed by atoms with E-state index in [4.69, 9.17) is 0 Å². The van der Waals surface area contributed by atoms with Crippen molar-refractivity contribution in [3.05, 3.63) is 55.6 Å². The molecule has 0 amide bonds. The minimum atomic E-state index is 0. The topological polar surface area (TPSA) is 0 Å². The largest absolute Gasteiger partial charge is 2.00 e. The Balaban J connectivity index is 0.000000403. The van der Waals surface area contributed by atoms with Gasteiger partial charge in [0.05, 0.1) is 0 Å². The van der Waals surface area contributed by atoms with E-state index in [1.54, 1.807) is 11.1 Å². The standard InChI is InChI=1S/2C11H17.Fe/c2*1-6-11-9(4)7(2)8(3)10(11)5;/h2*6H2,1-5H3;/q2*-1;+2. The van der Waals surface area contributed by atoms with Crippen molar-refractivity contribution in [1.29, 1.82) is 0 Å². The minimum absolute atomic E-state index is 0. The summed E-state index contributed by atoms with van der Waals surface area (Å²) in [4.78, 5) is 0. The molecule has 0 nitrogen and oxygen atoms in total. The quantitative estimate of drug-likeness (QED) is 0.432. The zero-order valence-corrected chi connectivity index (χ0v) is 17.9. The SMILES string of the molecule is CCc1c(C)c(C)c(C)[c-]1C.CCc1c(C)c(C)c(C)[c-]1C.[Fe+2]. The summed E-state index contributed by atoms with van der Waals surface area (Å²) in [6.45, 7) is 22.3. The van der Waals surface area contributed by atoms with Gasteiger partial charge in [0.2, 0.25) is 0 Å². The Morgan fingerprint density at radius 1 is 0.565 bits per heavy atom. The number of rotatable bonds is 2. The van der Waals surface area contributed by atoms with Crippen LogP contribution in [0, 0.1) is 55.4 Å². The first kappa shape index (κ1) is 22.2. The molecule has 0 atom stereocenters. The molecule has 0 radical (unpaired) electrons. The van der Waals surface area contributed by atoms with E-state index in [0.29, 0.717) is 0 Å². The predicted molar refractivity (Wildman–Crippen MR) is 101 cm³/mol. The molecule has 0 heterocycles. The first-order chi connectivity index (χ1) is 10.2. The van der Waals surface area contributed by atoms with Gasteiger partial charge in [0, 0.05) is 0 Å². The summed E-state index contributed by atoms with van der Waals surface area (Å²) in [5.41, 5.74) is 15.1. The molecule has 0 spiro atoms. The van der Waals surface area contributed by atoms with Crippen LogP contribution in [0.15, 0.2) is 0 Å². The van der Waals surface area contributed by atoms with E-state index in [1.165, 1.54) is 57.3 Å². The van der Waals surface area contributed by atoms with Crippen molar-refractivity contribution in [2.45, 2.75) is 82.1 Å². The van der Waals surface area contributed by atoms with Crippen LogP contribution in [0.1, 0.15) is 69.5 Å². The summed E-state index contributed by atoms with van der Waals surface area (Å²) in [7, 11) is 0. The zero-order chi connectivity index (χ0) is 17.2. The van der Waals surface area contributed by atoms with Gasteiger partial charge in [-0.25, -0.2) is 0 Å². The van der Waals surface area contributed by atoms with Gasteiger partial charge in [-0.3, -0.25) is 0 Å². The molecule has 0 bridgehead atoms. The summed E-state index contributed by atoms with van der Waals surface area (Å²) < 4.78 is 0. The summed E-state index contributed by atoms with van der Waals surface area (Å²) in [5, 5.41) is 0. The Bertz CT molecular complexity index is 541. The average molecular weight is 354 g/mol. The van der Waals surface area contributed by atoms with Crippen molar-refractivity contribution in [3.8, 4) is 0 Å². The van der Waals surface area contributed by atoms with Gasteiger partial charge in [-0.05, 0) is 0 Å². The molecule has 130 valence electrons. The second kappa shape index (κ2) is 8.90. The molecule has 0 aromatic heterocycles. The van der Waals surface area contributed by atoms with Gasteiger partial charge in [-0.1, -0.05) is 82.1 Å². The normalized spacial score (nSPS) is 10.2. The molecule has 2 rings (SSSR count). The Labute approximate surface area is 154 Å². The fourth-order valence-electron chi connectivity index (χ4n) is 3.65. The fourth-order valence-corrected chi connectivity index (χ4v) is 3.65. The smallest absolute Gasteiger partial charge is 0.196 e. The van der Waals surface area contributed by atoms with Crippen LogP contribution in [0.4, 0.5) is 0 Å². The first-order valence-corrected chi connectivity index (χ1v) is 8.62. The van der Waals surface area contributed by atoms with Gasteiger partial charge in [-0.2, -0.15) is 55.6 Å². The summed E-state index contributed by atoms with van der Waals surface area (Å²) in [6, 6.07) is 0. The van der Waals surface area contributed by atoms with E-state index in [0.717, 1.165) is 0 Å². The molecule has 23 heavy (non-hydrogen) atoms. The Morgan fingerprint density at radius 3 is 0.913 bits per heavy atom. The molecule has 1 heteroatoms. The fraction of sp³-hybridized carbons (Fsp3) is 0.545. The predicted octanol–water partition coefficient (Wildman–Crippen LogP) is 6.40. The van der Waals surface area contributed by atoms with Crippen LogP contribution in [0.3, 0.4) is 0 Å². The van der Waals surface area contributed by atoms with Crippen LogP contribution in [0.25, 0.3) is 0 Å². The third kappa shape index (κ3) is 4.20. The van der Waals surface area contributed by atoms with Crippen LogP contribution in [-0.4, -0.2) is 0 Å². The van der Waals surface area contributed by atoms with Crippen molar-refractivity contribution in [3.63, 3.8) is 0 Å². The maximum atomic E-state index is 2.23. The molecular formula is C22H34Fe. The van der Waals surface area contributed by atoms with Crippen molar-refractivity contribution in [1.82, 2.24) is 0 Å². The molecule has 0 N–H and O–H groups in total. The summed E-state index contributed by atoms with van der Waals surface area (Å²) in [6.07, 6.45) is 2.35. The van der Waals surface area contributed by atoms with E-state index in [9.17, 15) is 0 Å². The molecule has 0 aliphatic carbocycles. The second-order valence-electron chi connectivity index (χ2n) is 6.66. The van der Waals surface area contributed by atoms with Crippen LogP contribution >= 0.6 is 0 Å². The number of hydrogen-bond donors (Lipinski definition) is 0. The van der Waals surface area contributed by atoms with E-state index in [2.05, 4.69) is 69.2 Å². The first-order valence-electron chi connectivity index (χ1n) is 8.62. The molecule has 0 aliphatic rings. The molecule has 0 unspecified atom stereocenters. The third-order valence-electron chi connectivity index (χ3n) is 5.89. The van der Waals surface area contributed by atoms with Crippen molar-refractivity contribution in [2.75, 3.05) is 0 Å². The molecule has 0 saturated heterocycles. The Kier molecular flexibility index (Phi) is 8.60. The molecule has 2 aromatic rings. The van der Waals surface area contributed by atoms with Crippen molar-refractivity contribution in [2.24, 2.45) is 0 Å². The van der Waals surface area contributed by atoms with Crippen LogP contribution < -0.4 is 0 Å². The van der Waals surface area contributed by atoms with Crippen LogP contribution in [0.2, 0.25) is 0 Å². The monoisotopic (exact) mass is 354 g/mol. The van der Waals surface area contributed by atoms with Crippen LogP contribution in [0.5, 0.6) is 0 Å². The second-order valence-corrected chi connectivity index (χ2v) is 6.66. The maximum Gasteiger partial charge on any atom is 2.00 e. The molecule has 0 aliphatic heterocycles. The van der Waals surface area contributed by atoms with Gasteiger partial charge < -0.3 is 0 Å². The van der Waals surface area contributed by atoms with E-state index in [1.807, 2.05) is 0 Å². The van der Waals surface area contributed by atoms with E-state index < -0.39 is 0 Å². The maximum absolute atomic E-state index is 2.23. The Morgan fingerprint density at radius 2 is 0.826 bits per heavy atom.